The van der Waals surface area contributed by atoms with E-state index >= 15 is 0 Å². The average molecular weight is 190 g/mol. The molecule has 1 aliphatic heterocycles. The second-order valence-electron chi connectivity index (χ2n) is 2.96. The number of hydrogen-bond acceptors (Lipinski definition) is 3. The fraction of sp³-hybridized carbons (Fsp3) is 0.200. The lowest BCUT2D eigenvalue weighted by Gasteiger charge is -2.21. The van der Waals surface area contributed by atoms with Crippen LogP contribution in [0.1, 0.15) is 5.56 Å². The van der Waals surface area contributed by atoms with Crippen LogP contribution in [0, 0.1) is 0 Å². The summed E-state index contributed by atoms with van der Waals surface area (Å²) in [4.78, 5) is 20.5. The summed E-state index contributed by atoms with van der Waals surface area (Å²) in [6, 6.07) is 7.52. The van der Waals surface area contributed by atoms with Crippen molar-refractivity contribution in [3.8, 4) is 0 Å². The van der Waals surface area contributed by atoms with Gasteiger partial charge in [-0.2, -0.15) is 0 Å². The van der Waals surface area contributed by atoms with E-state index in [1.165, 1.54) is 7.11 Å². The van der Waals surface area contributed by atoms with Crippen molar-refractivity contribution >= 4 is 17.3 Å². The second kappa shape index (κ2) is 3.23. The minimum atomic E-state index is -0.216. The van der Waals surface area contributed by atoms with Gasteiger partial charge >= 0.3 is 0 Å². The third-order valence-corrected chi connectivity index (χ3v) is 2.15. The van der Waals surface area contributed by atoms with Crippen molar-refractivity contribution < 1.29 is 9.63 Å². The van der Waals surface area contributed by atoms with Crippen molar-refractivity contribution in [3.05, 3.63) is 29.8 Å². The van der Waals surface area contributed by atoms with Crippen LogP contribution in [0.2, 0.25) is 0 Å². The molecular weight excluding hydrogens is 180 g/mol. The Kier molecular flexibility index (Phi) is 2.05. The van der Waals surface area contributed by atoms with Gasteiger partial charge in [-0.15, -0.1) is 0 Å². The van der Waals surface area contributed by atoms with Gasteiger partial charge in [0.25, 0.3) is 5.91 Å². The Labute approximate surface area is 81.8 Å². The fourth-order valence-corrected chi connectivity index (χ4v) is 1.29. The van der Waals surface area contributed by atoms with Crippen LogP contribution in [0.5, 0.6) is 0 Å². The largest absolute Gasteiger partial charge is 0.296 e. The summed E-state index contributed by atoms with van der Waals surface area (Å²) in [6.07, 6.45) is 0. The van der Waals surface area contributed by atoms with Crippen molar-refractivity contribution in [2.45, 2.75) is 0 Å². The molecule has 0 unspecified atom stereocenters. The minimum Gasteiger partial charge on any atom is -0.274 e. The lowest BCUT2D eigenvalue weighted by atomic mass is 10.0. The van der Waals surface area contributed by atoms with Crippen molar-refractivity contribution in [1.29, 1.82) is 0 Å². The smallest absolute Gasteiger partial charge is 0.274 e. The summed E-state index contributed by atoms with van der Waals surface area (Å²) in [5.74, 6) is -0.216. The third-order valence-electron chi connectivity index (χ3n) is 2.15. The molecule has 2 rings (SSSR count). The molecule has 0 bridgehead atoms. The number of benzene rings is 1. The van der Waals surface area contributed by atoms with Crippen molar-refractivity contribution in [2.24, 2.45) is 4.99 Å². The number of carbonyl (C=O) groups is 1. The van der Waals surface area contributed by atoms with Crippen LogP contribution >= 0.6 is 0 Å². The highest BCUT2D eigenvalue weighted by Gasteiger charge is 2.26. The molecule has 0 aromatic heterocycles. The maximum Gasteiger partial charge on any atom is 0.296 e. The first-order chi connectivity index (χ1) is 6.74. The minimum absolute atomic E-state index is 0.216. The van der Waals surface area contributed by atoms with E-state index in [9.17, 15) is 4.79 Å². The predicted octanol–water partition coefficient (Wildman–Crippen LogP) is 1.14. The van der Waals surface area contributed by atoms with Crippen LogP contribution in [0.3, 0.4) is 0 Å². The maximum atomic E-state index is 11.6. The van der Waals surface area contributed by atoms with Gasteiger partial charge in [0.05, 0.1) is 12.8 Å². The molecule has 1 aromatic carbocycles. The van der Waals surface area contributed by atoms with Crippen LogP contribution < -0.4 is 0 Å². The van der Waals surface area contributed by atoms with E-state index in [0.717, 1.165) is 16.3 Å². The number of amides is 1. The Morgan fingerprint density at radius 3 is 2.79 bits per heavy atom. The first-order valence-electron chi connectivity index (χ1n) is 4.24. The number of hydrogen-bond donors (Lipinski definition) is 0. The topological polar surface area (TPSA) is 41.9 Å². The van der Waals surface area contributed by atoms with Crippen molar-refractivity contribution in [3.63, 3.8) is 0 Å². The summed E-state index contributed by atoms with van der Waals surface area (Å²) < 4.78 is 0. The van der Waals surface area contributed by atoms with E-state index < -0.39 is 0 Å². The average Bonchev–Trinajstić information content (AvgIpc) is 2.18. The molecule has 0 spiro atoms. The Hall–Kier alpha value is -1.68. The summed E-state index contributed by atoms with van der Waals surface area (Å²) in [5.41, 5.74) is 2.21. The monoisotopic (exact) mass is 190 g/mol. The van der Waals surface area contributed by atoms with Gasteiger partial charge in [-0.05, 0) is 6.07 Å². The van der Waals surface area contributed by atoms with Crippen LogP contribution in [0.4, 0.5) is 5.69 Å². The molecule has 1 amide bonds. The van der Waals surface area contributed by atoms with Crippen LogP contribution in [-0.2, 0) is 9.63 Å². The van der Waals surface area contributed by atoms with E-state index in [1.807, 2.05) is 24.3 Å². The van der Waals surface area contributed by atoms with Crippen LogP contribution in [0.25, 0.3) is 0 Å². The van der Waals surface area contributed by atoms with Gasteiger partial charge in [-0.1, -0.05) is 18.2 Å². The van der Waals surface area contributed by atoms with Crippen molar-refractivity contribution in [1.82, 2.24) is 5.06 Å². The Balaban J connectivity index is 2.22. The molecule has 14 heavy (non-hydrogen) atoms. The lowest BCUT2D eigenvalue weighted by Crippen LogP contribution is -2.35. The molecular formula is C10H10N2O2. The third kappa shape index (κ3) is 1.20. The first kappa shape index (κ1) is 8.90. The molecule has 4 nitrogen and oxygen atoms in total. The highest BCUT2D eigenvalue weighted by atomic mass is 16.7. The molecule has 72 valence electrons. The SMILES string of the molecule is CON(C)C(=O)C1=Nc2ccccc21. The molecule has 1 aliphatic rings. The number of hydroxylamine groups is 2. The highest BCUT2D eigenvalue weighted by Crippen LogP contribution is 2.29. The molecule has 4 heteroatoms. The van der Waals surface area contributed by atoms with E-state index in [4.69, 9.17) is 4.84 Å². The molecule has 1 heterocycles. The Morgan fingerprint density at radius 1 is 1.43 bits per heavy atom. The number of carbonyl (C=O) groups excluding carboxylic acids is 1. The lowest BCUT2D eigenvalue weighted by molar-refractivity contribution is -0.160. The van der Waals surface area contributed by atoms with Crippen molar-refractivity contribution in [2.75, 3.05) is 14.2 Å². The van der Waals surface area contributed by atoms with Gasteiger partial charge in [0.15, 0.2) is 0 Å². The molecule has 0 N–H and O–H groups in total. The molecule has 0 aliphatic carbocycles. The van der Waals surface area contributed by atoms with Crippen LogP contribution in [0.15, 0.2) is 29.3 Å². The van der Waals surface area contributed by atoms with Gasteiger partial charge in [0, 0.05) is 12.6 Å². The maximum absolute atomic E-state index is 11.6. The Morgan fingerprint density at radius 2 is 2.14 bits per heavy atom. The van der Waals surface area contributed by atoms with E-state index in [1.54, 1.807) is 7.05 Å². The number of para-hydroxylation sites is 1. The molecule has 0 atom stereocenters. The summed E-state index contributed by atoms with van der Waals surface area (Å²) in [6.45, 7) is 0. The highest BCUT2D eigenvalue weighted by molar-refractivity contribution is 6.49. The van der Waals surface area contributed by atoms with Gasteiger partial charge in [0.1, 0.15) is 5.71 Å². The van der Waals surface area contributed by atoms with Gasteiger partial charge < -0.3 is 0 Å². The summed E-state index contributed by atoms with van der Waals surface area (Å²) in [5, 5.41) is 1.16. The number of fused-ring (bicyclic) bond motifs is 1. The van der Waals surface area contributed by atoms with E-state index in [-0.39, 0.29) is 5.91 Å². The zero-order chi connectivity index (χ0) is 10.1. The number of aliphatic imine (C=N–C) groups is 1. The fourth-order valence-electron chi connectivity index (χ4n) is 1.29. The summed E-state index contributed by atoms with van der Waals surface area (Å²) in [7, 11) is 3.01. The number of likely N-dealkylation sites (N-methyl/N-ethyl adjacent to an activating group) is 1. The molecule has 0 radical (unpaired) electrons. The Bertz CT molecular complexity index is 412. The predicted molar refractivity (Wildman–Crippen MR) is 52.4 cm³/mol. The van der Waals surface area contributed by atoms with E-state index in [2.05, 4.69) is 4.99 Å². The normalized spacial score (nSPS) is 12.6. The molecule has 0 saturated heterocycles. The standard InChI is InChI=1S/C10H10N2O2/c1-12(14-2)10(13)9-7-5-3-4-6-8(7)11-9/h3-6H,1-2H3. The quantitative estimate of drug-likeness (QED) is 0.656. The van der Waals surface area contributed by atoms with Gasteiger partial charge in [-0.3, -0.25) is 9.63 Å². The zero-order valence-corrected chi connectivity index (χ0v) is 8.02. The second-order valence-corrected chi connectivity index (χ2v) is 2.96. The number of nitrogens with zero attached hydrogens (tertiary/aromatic N) is 2. The molecule has 0 saturated carbocycles. The molecule has 0 fully saturated rings. The molecule has 1 aromatic rings. The summed E-state index contributed by atoms with van der Waals surface area (Å²) >= 11 is 0. The number of rotatable bonds is 2. The zero-order valence-electron chi connectivity index (χ0n) is 8.02. The van der Waals surface area contributed by atoms with Crippen LogP contribution in [-0.4, -0.2) is 30.8 Å². The first-order valence-corrected chi connectivity index (χ1v) is 4.24. The van der Waals surface area contributed by atoms with Gasteiger partial charge in [0.2, 0.25) is 0 Å². The van der Waals surface area contributed by atoms with Gasteiger partial charge in [-0.25, -0.2) is 10.1 Å². The van der Waals surface area contributed by atoms with E-state index in [0.29, 0.717) is 5.71 Å².